The summed E-state index contributed by atoms with van der Waals surface area (Å²) in [6.45, 7) is 2.27. The molecule has 0 aliphatic heterocycles. The van der Waals surface area contributed by atoms with Gasteiger partial charge in [0, 0.05) is 18.1 Å². The number of unbranched alkanes of at least 4 members (excludes halogenated alkanes) is 7. The minimum Gasteiger partial charge on any atom is -0.300 e. The molecule has 0 atom stereocenters. The summed E-state index contributed by atoms with van der Waals surface area (Å²) in [4.78, 5) is 11.1. The number of hydrogen-bond donors (Lipinski definition) is 0. The normalized spacial score (nSPS) is 17.3. The van der Waals surface area contributed by atoms with Crippen LogP contribution in [-0.2, 0) is 4.79 Å². The lowest BCUT2D eigenvalue weighted by molar-refractivity contribution is -0.120. The largest absolute Gasteiger partial charge is 0.300 e. The van der Waals surface area contributed by atoms with Gasteiger partial charge in [0.2, 0.25) is 0 Å². The molecule has 1 rings (SSSR count). The Morgan fingerprint density at radius 1 is 0.944 bits per heavy atom. The molecule has 0 saturated heterocycles. The third kappa shape index (κ3) is 8.18. The number of Topliss-reactive ketones (excluding diaryl/α,β-unsaturated/α-hetero) is 1. The molecule has 0 amide bonds. The molecule has 0 radical (unpaired) electrons. The van der Waals surface area contributed by atoms with Crippen LogP contribution in [-0.4, -0.2) is 16.8 Å². The molecular formula is C16H30OS. The predicted molar refractivity (Wildman–Crippen MR) is 82.3 cm³/mol. The van der Waals surface area contributed by atoms with Crippen LogP contribution in [0, 0.1) is 0 Å². The van der Waals surface area contributed by atoms with E-state index in [0.29, 0.717) is 5.78 Å². The van der Waals surface area contributed by atoms with E-state index in [9.17, 15) is 4.79 Å². The smallest absolute Gasteiger partial charge is 0.132 e. The number of ketones is 1. The highest BCUT2D eigenvalue weighted by atomic mass is 32.2. The second kappa shape index (κ2) is 10.9. The van der Waals surface area contributed by atoms with E-state index in [1.807, 2.05) is 0 Å². The molecule has 1 nitrogen and oxygen atoms in total. The van der Waals surface area contributed by atoms with Crippen molar-refractivity contribution in [1.82, 2.24) is 0 Å². The first kappa shape index (κ1) is 16.1. The second-order valence-electron chi connectivity index (χ2n) is 5.58. The van der Waals surface area contributed by atoms with Gasteiger partial charge in [-0.25, -0.2) is 0 Å². The molecule has 0 aromatic rings. The lowest BCUT2D eigenvalue weighted by Gasteiger charge is -2.20. The number of carbonyl (C=O) groups is 1. The highest BCUT2D eigenvalue weighted by Crippen LogP contribution is 2.27. The van der Waals surface area contributed by atoms with E-state index in [-0.39, 0.29) is 0 Å². The first-order valence-electron chi connectivity index (χ1n) is 7.96. The predicted octanol–water partition coefficient (Wildman–Crippen LogP) is 5.37. The molecule has 0 aromatic heterocycles. The molecule has 0 bridgehead atoms. The lowest BCUT2D eigenvalue weighted by atomic mass is 9.99. The van der Waals surface area contributed by atoms with Gasteiger partial charge in [-0.15, -0.1) is 0 Å². The lowest BCUT2D eigenvalue weighted by Crippen LogP contribution is -2.15. The van der Waals surface area contributed by atoms with E-state index < -0.39 is 0 Å². The van der Waals surface area contributed by atoms with Gasteiger partial charge in [-0.1, -0.05) is 51.9 Å². The van der Waals surface area contributed by atoms with Crippen molar-refractivity contribution in [3.05, 3.63) is 0 Å². The van der Waals surface area contributed by atoms with E-state index in [4.69, 9.17) is 0 Å². The van der Waals surface area contributed by atoms with Crippen molar-refractivity contribution in [2.75, 3.05) is 5.75 Å². The Morgan fingerprint density at radius 3 is 2.11 bits per heavy atom. The Labute approximate surface area is 117 Å². The van der Waals surface area contributed by atoms with E-state index >= 15 is 0 Å². The van der Waals surface area contributed by atoms with Crippen LogP contribution in [0.25, 0.3) is 0 Å². The molecule has 1 aliphatic carbocycles. The summed E-state index contributed by atoms with van der Waals surface area (Å²) in [5, 5.41) is 0.784. The van der Waals surface area contributed by atoms with Crippen molar-refractivity contribution in [2.24, 2.45) is 0 Å². The van der Waals surface area contributed by atoms with Crippen LogP contribution in [0.3, 0.4) is 0 Å². The van der Waals surface area contributed by atoms with Gasteiger partial charge in [-0.05, 0) is 25.0 Å². The van der Waals surface area contributed by atoms with Crippen molar-refractivity contribution in [3.63, 3.8) is 0 Å². The average Bonchev–Trinajstić information content (AvgIpc) is 2.39. The number of carbonyl (C=O) groups excluding carboxylic acids is 1. The zero-order valence-electron chi connectivity index (χ0n) is 12.1. The van der Waals surface area contributed by atoms with Gasteiger partial charge in [-0.3, -0.25) is 4.79 Å². The van der Waals surface area contributed by atoms with Crippen LogP contribution in [0.5, 0.6) is 0 Å². The fourth-order valence-corrected chi connectivity index (χ4v) is 3.84. The van der Waals surface area contributed by atoms with Crippen LogP contribution in [0.15, 0.2) is 0 Å². The Bertz CT molecular complexity index is 205. The fourth-order valence-electron chi connectivity index (χ4n) is 2.57. The summed E-state index contributed by atoms with van der Waals surface area (Å²) in [6.07, 6.45) is 15.2. The van der Waals surface area contributed by atoms with E-state index in [1.165, 1.54) is 57.1 Å². The Kier molecular flexibility index (Phi) is 9.73. The molecule has 0 N–H and O–H groups in total. The van der Waals surface area contributed by atoms with Crippen LogP contribution < -0.4 is 0 Å². The van der Waals surface area contributed by atoms with Gasteiger partial charge in [0.1, 0.15) is 5.78 Å². The van der Waals surface area contributed by atoms with Crippen molar-refractivity contribution < 1.29 is 4.79 Å². The zero-order chi connectivity index (χ0) is 13.1. The highest BCUT2D eigenvalue weighted by Gasteiger charge is 2.18. The Hall–Kier alpha value is 0.0200. The fraction of sp³-hybridized carbons (Fsp3) is 0.938. The highest BCUT2D eigenvalue weighted by molar-refractivity contribution is 7.99. The minimum atomic E-state index is 0.485. The molecule has 18 heavy (non-hydrogen) atoms. The second-order valence-corrected chi connectivity index (χ2v) is 6.99. The molecule has 0 spiro atoms. The molecule has 0 aromatic carbocycles. The average molecular weight is 270 g/mol. The van der Waals surface area contributed by atoms with Crippen LogP contribution in [0.2, 0.25) is 0 Å². The maximum atomic E-state index is 11.1. The maximum Gasteiger partial charge on any atom is 0.132 e. The van der Waals surface area contributed by atoms with Crippen LogP contribution >= 0.6 is 11.8 Å². The summed E-state index contributed by atoms with van der Waals surface area (Å²) in [5.41, 5.74) is 0. The van der Waals surface area contributed by atoms with Crippen molar-refractivity contribution in [2.45, 2.75) is 89.2 Å². The first-order chi connectivity index (χ1) is 8.83. The summed E-state index contributed by atoms with van der Waals surface area (Å²) in [6, 6.07) is 0. The van der Waals surface area contributed by atoms with Crippen LogP contribution in [0.4, 0.5) is 0 Å². The molecule has 1 aliphatic rings. The van der Waals surface area contributed by atoms with Gasteiger partial charge < -0.3 is 0 Å². The summed E-state index contributed by atoms with van der Waals surface area (Å²) in [5.74, 6) is 1.80. The van der Waals surface area contributed by atoms with Crippen molar-refractivity contribution in [3.8, 4) is 0 Å². The van der Waals surface area contributed by atoms with E-state index in [0.717, 1.165) is 30.9 Å². The first-order valence-corrected chi connectivity index (χ1v) is 9.01. The van der Waals surface area contributed by atoms with Crippen molar-refractivity contribution >= 4 is 17.5 Å². The van der Waals surface area contributed by atoms with Gasteiger partial charge in [-0.2, -0.15) is 11.8 Å². The number of rotatable bonds is 10. The monoisotopic (exact) mass is 270 g/mol. The third-order valence-corrected chi connectivity index (χ3v) is 5.31. The standard InChI is InChI=1S/C16H30OS/c1-2-3-4-5-6-7-8-9-14-18-16-12-10-15(17)11-13-16/h16H,2-14H2,1H3. The third-order valence-electron chi connectivity index (χ3n) is 3.84. The summed E-state index contributed by atoms with van der Waals surface area (Å²) >= 11 is 2.12. The molecule has 2 heteroatoms. The van der Waals surface area contributed by atoms with Crippen molar-refractivity contribution in [1.29, 1.82) is 0 Å². The van der Waals surface area contributed by atoms with E-state index in [2.05, 4.69) is 18.7 Å². The number of hydrogen-bond acceptors (Lipinski definition) is 2. The topological polar surface area (TPSA) is 17.1 Å². The molecule has 0 heterocycles. The molecule has 1 saturated carbocycles. The van der Waals surface area contributed by atoms with Gasteiger partial charge in [0.05, 0.1) is 0 Å². The SMILES string of the molecule is CCCCCCCCCCSC1CCC(=O)CC1. The molecule has 106 valence electrons. The Balaban J connectivity index is 1.80. The van der Waals surface area contributed by atoms with Gasteiger partial charge in [0.15, 0.2) is 0 Å². The summed E-state index contributed by atoms with van der Waals surface area (Å²) in [7, 11) is 0. The molecular weight excluding hydrogens is 240 g/mol. The zero-order valence-corrected chi connectivity index (χ0v) is 12.9. The maximum absolute atomic E-state index is 11.1. The Morgan fingerprint density at radius 2 is 1.50 bits per heavy atom. The molecule has 1 fully saturated rings. The summed E-state index contributed by atoms with van der Waals surface area (Å²) < 4.78 is 0. The van der Waals surface area contributed by atoms with Gasteiger partial charge in [0.25, 0.3) is 0 Å². The van der Waals surface area contributed by atoms with Crippen LogP contribution in [0.1, 0.15) is 84.0 Å². The number of thioether (sulfide) groups is 1. The minimum absolute atomic E-state index is 0.485. The van der Waals surface area contributed by atoms with Gasteiger partial charge >= 0.3 is 0 Å². The van der Waals surface area contributed by atoms with E-state index in [1.54, 1.807) is 0 Å². The molecule has 0 unspecified atom stereocenters. The quantitative estimate of drug-likeness (QED) is 0.496.